The summed E-state index contributed by atoms with van der Waals surface area (Å²) in [5, 5.41) is 5.72. The fourth-order valence-corrected chi connectivity index (χ4v) is 10.2. The van der Waals surface area contributed by atoms with Crippen LogP contribution in [0.5, 0.6) is 11.5 Å². The maximum atomic E-state index is 11.3. The molecule has 0 aromatic heterocycles. The van der Waals surface area contributed by atoms with Gasteiger partial charge in [-0.2, -0.15) is 0 Å². The van der Waals surface area contributed by atoms with E-state index in [0.29, 0.717) is 54.8 Å². The number of ether oxygens (including phenoxy) is 2. The Morgan fingerprint density at radius 2 is 0.588 bits per heavy atom. The maximum absolute atomic E-state index is 11.3. The molecule has 0 fully saturated rings. The second-order valence-electron chi connectivity index (χ2n) is 26.1. The van der Waals surface area contributed by atoms with Gasteiger partial charge in [0.1, 0.15) is 11.5 Å². The number of methoxy groups -OCH3 is 2. The SMILES string of the molecule is CC(=O)c1ccc(C)cc1.CC(=O)c1ccc(Cl)cc1.CC(=O)c1ccc2ccccc2c1.CC(=O)c1cccc(C)c1.CC(=O)c1cccc(Cl)c1.CC(=O)c1cccc2ccccc12.CC(=O)c1ccccc1.COc1ccc(C(C)=O)cc1.COc1cccc(C(C)=O)c1.[C-]#[N+]c1ccc(C(C)=O)cc1.[C-]#[N+]c1cccc(C(C)=O)c1. The van der Waals surface area contributed by atoms with Crippen molar-refractivity contribution in [3.8, 4) is 11.5 Å². The van der Waals surface area contributed by atoms with Gasteiger partial charge in [0, 0.05) is 71.2 Å². The smallest absolute Gasteiger partial charge is 0.187 e. The van der Waals surface area contributed by atoms with Gasteiger partial charge in [-0.05, 0) is 203 Å². The quantitative estimate of drug-likeness (QED) is 0.0776. The number of fused-ring (bicyclic) bond motifs is 2. The van der Waals surface area contributed by atoms with Crippen molar-refractivity contribution in [2.24, 2.45) is 0 Å². The number of nitrogens with zero attached hydrogens (tertiary/aromatic N) is 2. The second kappa shape index (κ2) is 53.9. The molecule has 119 heavy (non-hydrogen) atoms. The second-order valence-corrected chi connectivity index (χ2v) is 27.0. The summed E-state index contributed by atoms with van der Waals surface area (Å²) in [5.41, 5.74) is 11.3. The van der Waals surface area contributed by atoms with Crippen LogP contribution in [0.15, 0.2) is 309 Å². The zero-order valence-electron chi connectivity index (χ0n) is 69.4. The van der Waals surface area contributed by atoms with Crippen LogP contribution in [0.4, 0.5) is 11.4 Å². The zero-order chi connectivity index (χ0) is 88.5. The first-order valence-corrected chi connectivity index (χ1v) is 37.9. The summed E-state index contributed by atoms with van der Waals surface area (Å²) in [4.78, 5) is 126. The van der Waals surface area contributed by atoms with Gasteiger partial charge >= 0.3 is 0 Å². The number of aryl methyl sites for hydroxylation is 2. The molecule has 0 atom stereocenters. The first-order chi connectivity index (χ1) is 56.6. The third-order valence-corrected chi connectivity index (χ3v) is 17.1. The van der Waals surface area contributed by atoms with E-state index >= 15 is 0 Å². The van der Waals surface area contributed by atoms with Crippen LogP contribution in [-0.4, -0.2) is 77.8 Å². The van der Waals surface area contributed by atoms with Crippen molar-refractivity contribution in [1.29, 1.82) is 0 Å². The molecule has 0 aliphatic heterocycles. The van der Waals surface area contributed by atoms with Crippen LogP contribution in [0.1, 0.15) is 201 Å². The van der Waals surface area contributed by atoms with Crippen LogP contribution >= 0.6 is 23.2 Å². The highest BCUT2D eigenvalue weighted by Crippen LogP contribution is 2.21. The number of carbonyl (C=O) groups excluding carboxylic acids is 11. The first-order valence-electron chi connectivity index (χ1n) is 37.1. The minimum Gasteiger partial charge on any atom is -0.497 e. The lowest BCUT2D eigenvalue weighted by Gasteiger charge is -2.01. The zero-order valence-corrected chi connectivity index (χ0v) is 70.9. The van der Waals surface area contributed by atoms with Gasteiger partial charge in [-0.1, -0.05) is 253 Å². The molecule has 13 aromatic rings. The van der Waals surface area contributed by atoms with Crippen LogP contribution in [0.2, 0.25) is 10.0 Å². The number of carbonyl (C=O) groups is 11. The highest BCUT2D eigenvalue weighted by atomic mass is 35.5. The van der Waals surface area contributed by atoms with E-state index in [0.717, 1.165) is 61.0 Å². The predicted molar refractivity (Wildman–Crippen MR) is 481 cm³/mol. The standard InChI is InChI=1S/2C12H10O.2C9H7NO.2C9H10O2.2C9H10O.2C8H7ClO.C8H8O/c1-9(13)11-8-4-6-10-5-2-3-7-12(10)11;1-9(13)11-7-6-10-4-2-3-5-12(10)8-11;1-7(11)8-3-5-9(10-2)6-4-8;1-7(11)8-4-3-5-9(6-8)10-2;1-7(10)8-3-5-9(11-2)6-4-8;1-7(10)8-4-3-5-9(6-8)11-2;1-7-3-5-9(6-4-7)8(2)10;1-7-4-3-5-9(6-7)8(2)10;1-6(10)7-2-4-8(9)5-3-7;1-6(10)7-3-2-4-8(9)5-7;1-7(9)8-5-3-2-4-6-8/h2*2-8H,1H3;2*3-6H,1H3;2*3-6H,1-2H3;2*3-6H,1-2H3;2*2-5H,1H3;2-6H,1H3. The van der Waals surface area contributed by atoms with E-state index in [1.807, 2.05) is 184 Å². The monoisotopic (exact) mass is 1630 g/mol. The summed E-state index contributed by atoms with van der Waals surface area (Å²) in [7, 11) is 3.18. The van der Waals surface area contributed by atoms with Gasteiger partial charge in [-0.15, -0.1) is 0 Å². The lowest BCUT2D eigenvalue weighted by Crippen LogP contribution is -1.92. The van der Waals surface area contributed by atoms with Crippen molar-refractivity contribution >= 4 is 120 Å². The van der Waals surface area contributed by atoms with Crippen molar-refractivity contribution in [1.82, 2.24) is 0 Å². The minimum atomic E-state index is -0.00417. The van der Waals surface area contributed by atoms with E-state index in [2.05, 4.69) is 9.69 Å². The minimum absolute atomic E-state index is 0.00417. The topological polar surface area (TPSA) is 215 Å². The normalized spacial score (nSPS) is 9.40. The highest BCUT2D eigenvalue weighted by molar-refractivity contribution is 6.31. The summed E-state index contributed by atoms with van der Waals surface area (Å²) in [6.45, 7) is 34.4. The van der Waals surface area contributed by atoms with Crippen molar-refractivity contribution in [2.45, 2.75) is 90.0 Å². The summed E-state index contributed by atoms with van der Waals surface area (Å²) < 4.78 is 9.89. The lowest BCUT2D eigenvalue weighted by molar-refractivity contribution is 0.100. The molecule has 0 bridgehead atoms. The Kier molecular flexibility index (Phi) is 44.9. The van der Waals surface area contributed by atoms with E-state index in [1.54, 1.807) is 195 Å². The van der Waals surface area contributed by atoms with Gasteiger partial charge in [0.25, 0.3) is 0 Å². The molecule has 0 radical (unpaired) electrons. The summed E-state index contributed by atoms with van der Waals surface area (Å²) >= 11 is 11.2. The lowest BCUT2D eigenvalue weighted by atomic mass is 10.0. The average Bonchev–Trinajstić information content (AvgIpc) is 0.820. The molecule has 0 amide bonds. The third kappa shape index (κ3) is 38.7. The van der Waals surface area contributed by atoms with Gasteiger partial charge in [0.15, 0.2) is 75.0 Å². The van der Waals surface area contributed by atoms with E-state index in [4.69, 9.17) is 45.8 Å². The van der Waals surface area contributed by atoms with Crippen LogP contribution < -0.4 is 9.47 Å². The molecule has 13 rings (SSSR count). The number of benzene rings is 13. The molecule has 0 saturated carbocycles. The number of Topliss-reactive ketones (excluding diaryl/α,β-unsaturated/α-hetero) is 11. The number of rotatable bonds is 13. The van der Waals surface area contributed by atoms with Gasteiger partial charge in [0.2, 0.25) is 0 Å². The van der Waals surface area contributed by atoms with E-state index in [-0.39, 0.29) is 63.6 Å². The van der Waals surface area contributed by atoms with Gasteiger partial charge in [-0.25, -0.2) is 9.69 Å². The van der Waals surface area contributed by atoms with E-state index in [1.165, 1.54) is 45.6 Å². The van der Waals surface area contributed by atoms with Crippen LogP contribution in [-0.2, 0) is 0 Å². The van der Waals surface area contributed by atoms with Crippen LogP contribution in [0.25, 0.3) is 31.2 Å². The van der Waals surface area contributed by atoms with Crippen molar-refractivity contribution in [3.05, 3.63) is 415 Å². The molecule has 0 aliphatic carbocycles. The Morgan fingerprint density at radius 3 is 1.02 bits per heavy atom. The number of ketones is 11. The van der Waals surface area contributed by atoms with Crippen LogP contribution in [0.3, 0.4) is 0 Å². The molecule has 0 N–H and O–H groups in total. The summed E-state index contributed by atoms with van der Waals surface area (Å²) in [5.74, 6) is 2.38. The first kappa shape index (κ1) is 99.1. The third-order valence-electron chi connectivity index (χ3n) is 16.6. The molecule has 0 spiro atoms. The van der Waals surface area contributed by atoms with Crippen LogP contribution in [0, 0.1) is 27.0 Å². The van der Waals surface area contributed by atoms with Gasteiger partial charge < -0.3 is 9.47 Å². The highest BCUT2D eigenvalue weighted by Gasteiger charge is 2.07. The molecule has 0 heterocycles. The molecule has 13 aromatic carbocycles. The molecular weight excluding hydrogens is 1530 g/mol. The predicted octanol–water partition coefficient (Wildman–Crippen LogP) is 26.1. The fourth-order valence-electron chi connectivity index (χ4n) is 9.89. The number of halogens is 2. The molecule has 0 unspecified atom stereocenters. The Morgan fingerprint density at radius 1 is 0.244 bits per heavy atom. The van der Waals surface area contributed by atoms with E-state index < -0.39 is 0 Å². The maximum Gasteiger partial charge on any atom is 0.187 e. The molecule has 15 nitrogen and oxygen atoms in total. The largest absolute Gasteiger partial charge is 0.497 e. The van der Waals surface area contributed by atoms with Crippen molar-refractivity contribution < 1.29 is 62.2 Å². The summed E-state index contributed by atoms with van der Waals surface area (Å²) in [6, 6.07) is 93.1. The van der Waals surface area contributed by atoms with Crippen molar-refractivity contribution in [2.75, 3.05) is 14.2 Å². The Labute approximate surface area is 707 Å². The van der Waals surface area contributed by atoms with Gasteiger partial charge in [-0.3, -0.25) is 52.7 Å². The fraction of sp³-hybridized carbons (Fsp3) is 0.147. The molecular formula is C102H96Cl2N2O13. The molecule has 0 aliphatic rings. The number of hydrogen-bond acceptors (Lipinski definition) is 13. The van der Waals surface area contributed by atoms with Crippen molar-refractivity contribution in [3.63, 3.8) is 0 Å². The Balaban J connectivity index is 0.000000339. The summed E-state index contributed by atoms with van der Waals surface area (Å²) in [6.07, 6.45) is 0. The molecule has 606 valence electrons. The van der Waals surface area contributed by atoms with E-state index in [9.17, 15) is 52.7 Å². The molecule has 17 heteroatoms. The Hall–Kier alpha value is -14.1. The average molecular weight is 1630 g/mol. The number of hydrogen-bond donors (Lipinski definition) is 0. The molecule has 0 saturated heterocycles. The Bertz CT molecular complexity index is 5530. The van der Waals surface area contributed by atoms with Gasteiger partial charge in [0.05, 0.1) is 27.4 Å².